The lowest BCUT2D eigenvalue weighted by molar-refractivity contribution is 0.0939. The third-order valence-corrected chi connectivity index (χ3v) is 5.00. The van der Waals surface area contributed by atoms with Crippen LogP contribution in [0.3, 0.4) is 0 Å². The first-order valence-corrected chi connectivity index (χ1v) is 8.25. The fourth-order valence-corrected chi connectivity index (χ4v) is 3.24. The van der Waals surface area contributed by atoms with Crippen molar-refractivity contribution in [1.29, 1.82) is 0 Å². The van der Waals surface area contributed by atoms with E-state index < -0.39 is 0 Å². The molecular formula is C15H17BrN2O2S. The maximum Gasteiger partial charge on any atom is 0.251 e. The maximum absolute atomic E-state index is 12.3. The summed E-state index contributed by atoms with van der Waals surface area (Å²) in [6.45, 7) is 4.03. The van der Waals surface area contributed by atoms with Crippen LogP contribution in [-0.4, -0.2) is 18.0 Å². The molecule has 0 aliphatic carbocycles. The van der Waals surface area contributed by atoms with Gasteiger partial charge in [0.25, 0.3) is 5.91 Å². The molecule has 112 valence electrons. The molecule has 1 unspecified atom stereocenters. The molecule has 0 aliphatic heterocycles. The average molecular weight is 369 g/mol. The van der Waals surface area contributed by atoms with Gasteiger partial charge >= 0.3 is 0 Å². The van der Waals surface area contributed by atoms with Crippen LogP contribution in [0, 0.1) is 0 Å². The Morgan fingerprint density at radius 2 is 2.29 bits per heavy atom. The molecule has 1 atom stereocenters. The number of amides is 1. The van der Waals surface area contributed by atoms with Gasteiger partial charge in [-0.1, -0.05) is 6.92 Å². The van der Waals surface area contributed by atoms with Crippen molar-refractivity contribution in [3.05, 3.63) is 44.3 Å². The van der Waals surface area contributed by atoms with Crippen LogP contribution in [0.1, 0.15) is 40.1 Å². The Kier molecular flexibility index (Phi) is 5.36. The molecule has 1 amide bonds. The first-order chi connectivity index (χ1) is 10.0. The van der Waals surface area contributed by atoms with E-state index in [1.807, 2.05) is 13.1 Å². The highest BCUT2D eigenvalue weighted by molar-refractivity contribution is 9.10. The first kappa shape index (κ1) is 16.0. The van der Waals surface area contributed by atoms with E-state index in [0.717, 1.165) is 15.9 Å². The fourth-order valence-electron chi connectivity index (χ4n) is 1.84. The van der Waals surface area contributed by atoms with Crippen LogP contribution in [0.4, 0.5) is 0 Å². The maximum atomic E-state index is 12.3. The zero-order valence-corrected chi connectivity index (χ0v) is 14.5. The SMILES string of the molecule is CCc1cnc(C(C)NC(=O)c2ccc(OC)c(Br)c2)s1. The number of carbonyl (C=O) groups is 1. The van der Waals surface area contributed by atoms with Gasteiger partial charge in [0.05, 0.1) is 17.6 Å². The Morgan fingerprint density at radius 3 is 2.86 bits per heavy atom. The number of methoxy groups -OCH3 is 1. The summed E-state index contributed by atoms with van der Waals surface area (Å²) in [5.74, 6) is 0.575. The predicted molar refractivity (Wildman–Crippen MR) is 88.1 cm³/mol. The van der Waals surface area contributed by atoms with Crippen LogP contribution in [0.25, 0.3) is 0 Å². The highest BCUT2D eigenvalue weighted by Crippen LogP contribution is 2.26. The lowest BCUT2D eigenvalue weighted by Crippen LogP contribution is -2.26. The molecule has 0 saturated heterocycles. The molecule has 6 heteroatoms. The average Bonchev–Trinajstić information content (AvgIpc) is 2.96. The minimum Gasteiger partial charge on any atom is -0.496 e. The molecule has 1 N–H and O–H groups in total. The summed E-state index contributed by atoms with van der Waals surface area (Å²) in [5, 5.41) is 3.89. The second-order valence-electron chi connectivity index (χ2n) is 4.56. The number of aryl methyl sites for hydroxylation is 1. The molecule has 21 heavy (non-hydrogen) atoms. The van der Waals surface area contributed by atoms with Crippen molar-refractivity contribution in [2.45, 2.75) is 26.3 Å². The molecule has 1 heterocycles. The van der Waals surface area contributed by atoms with E-state index in [1.54, 1.807) is 36.6 Å². The molecule has 0 spiro atoms. The van der Waals surface area contributed by atoms with E-state index in [1.165, 1.54) is 4.88 Å². The van der Waals surface area contributed by atoms with Gasteiger partial charge in [-0.25, -0.2) is 4.98 Å². The Balaban J connectivity index is 2.08. The molecule has 0 fully saturated rings. The van der Waals surface area contributed by atoms with Gasteiger partial charge < -0.3 is 10.1 Å². The summed E-state index contributed by atoms with van der Waals surface area (Å²) in [7, 11) is 1.59. The zero-order chi connectivity index (χ0) is 15.4. The van der Waals surface area contributed by atoms with Gasteiger partial charge in [-0.2, -0.15) is 0 Å². The number of benzene rings is 1. The second-order valence-corrected chi connectivity index (χ2v) is 6.56. The van der Waals surface area contributed by atoms with E-state index in [9.17, 15) is 4.79 Å². The van der Waals surface area contributed by atoms with Gasteiger partial charge in [0, 0.05) is 16.6 Å². The van der Waals surface area contributed by atoms with Crippen molar-refractivity contribution in [1.82, 2.24) is 10.3 Å². The van der Waals surface area contributed by atoms with E-state index in [0.29, 0.717) is 11.3 Å². The number of hydrogen-bond acceptors (Lipinski definition) is 4. The molecule has 0 radical (unpaired) electrons. The Morgan fingerprint density at radius 1 is 1.52 bits per heavy atom. The molecule has 2 aromatic rings. The van der Waals surface area contributed by atoms with Gasteiger partial charge in [-0.15, -0.1) is 11.3 Å². The van der Waals surface area contributed by atoms with Crippen LogP contribution in [0.15, 0.2) is 28.9 Å². The highest BCUT2D eigenvalue weighted by Gasteiger charge is 2.15. The Bertz CT molecular complexity index is 642. The first-order valence-electron chi connectivity index (χ1n) is 6.64. The van der Waals surface area contributed by atoms with Crippen LogP contribution < -0.4 is 10.1 Å². The van der Waals surface area contributed by atoms with Crippen molar-refractivity contribution < 1.29 is 9.53 Å². The number of thiazole rings is 1. The zero-order valence-electron chi connectivity index (χ0n) is 12.1. The van der Waals surface area contributed by atoms with Crippen molar-refractivity contribution in [3.63, 3.8) is 0 Å². The number of nitrogens with one attached hydrogen (secondary N) is 1. The Labute approximate surface area is 136 Å². The van der Waals surface area contributed by atoms with Crippen molar-refractivity contribution in [3.8, 4) is 5.75 Å². The van der Waals surface area contributed by atoms with Crippen molar-refractivity contribution in [2.24, 2.45) is 0 Å². The topological polar surface area (TPSA) is 51.2 Å². The molecule has 1 aromatic heterocycles. The quantitative estimate of drug-likeness (QED) is 0.868. The van der Waals surface area contributed by atoms with E-state index in [4.69, 9.17) is 4.74 Å². The molecule has 4 nitrogen and oxygen atoms in total. The predicted octanol–water partition coefficient (Wildman–Crippen LogP) is 3.97. The van der Waals surface area contributed by atoms with E-state index in [2.05, 4.69) is 33.2 Å². The third kappa shape index (κ3) is 3.83. The number of aromatic nitrogens is 1. The number of nitrogens with zero attached hydrogens (tertiary/aromatic N) is 1. The standard InChI is InChI=1S/C15H17BrN2O2S/c1-4-11-8-17-15(21-11)9(2)18-14(19)10-5-6-13(20-3)12(16)7-10/h5-9H,4H2,1-3H3,(H,18,19). The van der Waals surface area contributed by atoms with Crippen LogP contribution in [0.5, 0.6) is 5.75 Å². The van der Waals surface area contributed by atoms with Crippen LogP contribution in [-0.2, 0) is 6.42 Å². The smallest absolute Gasteiger partial charge is 0.251 e. The van der Waals surface area contributed by atoms with E-state index >= 15 is 0 Å². The van der Waals surface area contributed by atoms with Gasteiger partial charge in [-0.05, 0) is 47.5 Å². The van der Waals surface area contributed by atoms with Crippen molar-refractivity contribution >= 4 is 33.2 Å². The van der Waals surface area contributed by atoms with Gasteiger partial charge in [0.15, 0.2) is 0 Å². The van der Waals surface area contributed by atoms with Gasteiger partial charge in [0.2, 0.25) is 0 Å². The van der Waals surface area contributed by atoms with E-state index in [-0.39, 0.29) is 11.9 Å². The summed E-state index contributed by atoms with van der Waals surface area (Å²) in [4.78, 5) is 17.8. The number of ether oxygens (including phenoxy) is 1. The molecule has 1 aromatic carbocycles. The number of hydrogen-bond donors (Lipinski definition) is 1. The lowest BCUT2D eigenvalue weighted by atomic mass is 10.2. The van der Waals surface area contributed by atoms with Crippen LogP contribution >= 0.6 is 27.3 Å². The minimum atomic E-state index is -0.126. The summed E-state index contributed by atoms with van der Waals surface area (Å²) in [5.41, 5.74) is 0.585. The number of rotatable bonds is 5. The third-order valence-electron chi connectivity index (χ3n) is 3.05. The largest absolute Gasteiger partial charge is 0.496 e. The number of halogens is 1. The molecule has 0 bridgehead atoms. The highest BCUT2D eigenvalue weighted by atomic mass is 79.9. The minimum absolute atomic E-state index is 0.108. The summed E-state index contributed by atoms with van der Waals surface area (Å²) in [6.07, 6.45) is 2.83. The summed E-state index contributed by atoms with van der Waals surface area (Å²) >= 11 is 5.02. The normalized spacial score (nSPS) is 12.0. The number of carbonyl (C=O) groups excluding carboxylic acids is 1. The fraction of sp³-hybridized carbons (Fsp3) is 0.333. The van der Waals surface area contributed by atoms with Gasteiger partial charge in [0.1, 0.15) is 10.8 Å². The molecule has 0 aliphatic rings. The van der Waals surface area contributed by atoms with Gasteiger partial charge in [-0.3, -0.25) is 4.79 Å². The summed E-state index contributed by atoms with van der Waals surface area (Å²) in [6, 6.07) is 5.15. The monoisotopic (exact) mass is 368 g/mol. The molecular weight excluding hydrogens is 352 g/mol. The molecule has 0 saturated carbocycles. The second kappa shape index (κ2) is 7.04. The van der Waals surface area contributed by atoms with Crippen LogP contribution in [0.2, 0.25) is 0 Å². The Hall–Kier alpha value is -1.40. The lowest BCUT2D eigenvalue weighted by Gasteiger charge is -2.12. The summed E-state index contributed by atoms with van der Waals surface area (Å²) < 4.78 is 5.92. The molecule has 2 rings (SSSR count). The van der Waals surface area contributed by atoms with Crippen molar-refractivity contribution in [2.75, 3.05) is 7.11 Å².